The van der Waals surface area contributed by atoms with Gasteiger partial charge < -0.3 is 10.2 Å². The fourth-order valence-electron chi connectivity index (χ4n) is 5.61. The number of hydrogen-bond acceptors (Lipinski definition) is 2. The Hall–Kier alpha value is -1.44. The summed E-state index contributed by atoms with van der Waals surface area (Å²) in [4.78, 5) is 0. The fraction of sp³-hybridized carbons (Fsp3) is 0.619. The van der Waals surface area contributed by atoms with Crippen LogP contribution in [0.1, 0.15) is 58.4 Å². The Balaban J connectivity index is 1.95. The van der Waals surface area contributed by atoms with Gasteiger partial charge in [0.15, 0.2) is 0 Å². The number of allylic oxidation sites excluding steroid dienone is 1. The van der Waals surface area contributed by atoms with E-state index in [1.54, 1.807) is 18.2 Å². The van der Waals surface area contributed by atoms with Crippen LogP contribution in [-0.4, -0.2) is 10.2 Å². The van der Waals surface area contributed by atoms with Crippen molar-refractivity contribution in [3.05, 3.63) is 35.9 Å². The third kappa shape index (κ3) is 2.77. The molecule has 23 heavy (non-hydrogen) atoms. The Morgan fingerprint density at radius 3 is 2.65 bits per heavy atom. The molecule has 1 aromatic rings. The van der Waals surface area contributed by atoms with Gasteiger partial charge in [0.05, 0.1) is 0 Å². The van der Waals surface area contributed by atoms with Gasteiger partial charge in [-0.1, -0.05) is 39.3 Å². The van der Waals surface area contributed by atoms with Crippen molar-refractivity contribution < 1.29 is 10.2 Å². The van der Waals surface area contributed by atoms with E-state index in [-0.39, 0.29) is 16.9 Å². The summed E-state index contributed by atoms with van der Waals surface area (Å²) in [5.74, 6) is 1.61. The Morgan fingerprint density at radius 2 is 1.91 bits per heavy atom. The maximum absolute atomic E-state index is 10.2. The van der Waals surface area contributed by atoms with E-state index in [4.69, 9.17) is 0 Å². The number of fused-ring (bicyclic) bond motifs is 1. The van der Waals surface area contributed by atoms with Crippen LogP contribution in [0, 0.1) is 22.7 Å². The smallest absolute Gasteiger partial charge is 0.119 e. The zero-order valence-corrected chi connectivity index (χ0v) is 14.7. The van der Waals surface area contributed by atoms with Crippen molar-refractivity contribution in [2.45, 2.75) is 59.3 Å². The lowest BCUT2D eigenvalue weighted by Crippen LogP contribution is -2.50. The first-order valence-corrected chi connectivity index (χ1v) is 8.92. The van der Waals surface area contributed by atoms with E-state index in [1.165, 1.54) is 31.3 Å². The monoisotopic (exact) mass is 314 g/mol. The molecule has 0 bridgehead atoms. The molecule has 2 nitrogen and oxygen atoms in total. The Kier molecular flexibility index (Phi) is 3.98. The highest BCUT2D eigenvalue weighted by atomic mass is 16.3. The van der Waals surface area contributed by atoms with Crippen LogP contribution in [0.4, 0.5) is 0 Å². The van der Waals surface area contributed by atoms with Crippen molar-refractivity contribution in [1.29, 1.82) is 0 Å². The molecule has 0 unspecified atom stereocenters. The molecule has 3 atom stereocenters. The number of rotatable bonds is 2. The van der Waals surface area contributed by atoms with E-state index >= 15 is 0 Å². The predicted molar refractivity (Wildman–Crippen MR) is 94.6 cm³/mol. The van der Waals surface area contributed by atoms with Gasteiger partial charge in [0.2, 0.25) is 0 Å². The third-order valence-corrected chi connectivity index (χ3v) is 6.81. The first kappa shape index (κ1) is 16.4. The molecule has 3 rings (SSSR count). The molecule has 2 N–H and O–H groups in total. The van der Waals surface area contributed by atoms with E-state index < -0.39 is 0 Å². The van der Waals surface area contributed by atoms with Crippen LogP contribution in [0.15, 0.2) is 30.4 Å². The lowest BCUT2D eigenvalue weighted by atomic mass is 9.47. The first-order valence-electron chi connectivity index (χ1n) is 8.92. The highest BCUT2D eigenvalue weighted by molar-refractivity contribution is 5.40. The summed E-state index contributed by atoms with van der Waals surface area (Å²) < 4.78 is 0. The van der Waals surface area contributed by atoms with Gasteiger partial charge in [0, 0.05) is 0 Å². The second-order valence-electron chi connectivity index (χ2n) is 8.67. The van der Waals surface area contributed by atoms with Gasteiger partial charge in [0.1, 0.15) is 11.5 Å². The van der Waals surface area contributed by atoms with Crippen molar-refractivity contribution in [1.82, 2.24) is 0 Å². The zero-order chi connectivity index (χ0) is 16.8. The molecular formula is C21H30O2. The van der Waals surface area contributed by atoms with Gasteiger partial charge in [-0.3, -0.25) is 0 Å². The Morgan fingerprint density at radius 1 is 1.17 bits per heavy atom. The average Bonchev–Trinajstić information content (AvgIpc) is 2.45. The van der Waals surface area contributed by atoms with Crippen LogP contribution in [0.25, 0.3) is 0 Å². The van der Waals surface area contributed by atoms with Gasteiger partial charge in [0.25, 0.3) is 0 Å². The molecule has 2 saturated carbocycles. The topological polar surface area (TPSA) is 40.5 Å². The van der Waals surface area contributed by atoms with Crippen LogP contribution < -0.4 is 0 Å². The molecule has 0 aromatic heterocycles. The van der Waals surface area contributed by atoms with Gasteiger partial charge in [-0.2, -0.15) is 0 Å². The minimum atomic E-state index is 0.227. The second kappa shape index (κ2) is 5.58. The van der Waals surface area contributed by atoms with Gasteiger partial charge in [-0.25, -0.2) is 0 Å². The maximum Gasteiger partial charge on any atom is 0.119 e. The average molecular weight is 314 g/mol. The van der Waals surface area contributed by atoms with Crippen LogP contribution in [0.5, 0.6) is 11.5 Å². The zero-order valence-electron chi connectivity index (χ0n) is 14.7. The summed E-state index contributed by atoms with van der Waals surface area (Å²) in [6, 6.07) is 4.85. The quantitative estimate of drug-likeness (QED) is 0.564. The van der Waals surface area contributed by atoms with Crippen LogP contribution in [0.3, 0.4) is 0 Å². The summed E-state index contributed by atoms with van der Waals surface area (Å²) >= 11 is 0. The summed E-state index contributed by atoms with van der Waals surface area (Å²) in [6.07, 6.45) is 6.94. The van der Waals surface area contributed by atoms with Crippen molar-refractivity contribution in [3.63, 3.8) is 0 Å². The lowest BCUT2D eigenvalue weighted by Gasteiger charge is -2.58. The van der Waals surface area contributed by atoms with Crippen molar-refractivity contribution in [3.8, 4) is 11.5 Å². The maximum atomic E-state index is 10.2. The summed E-state index contributed by atoms with van der Waals surface area (Å²) in [5.41, 5.74) is 2.80. The number of hydrogen-bond donors (Lipinski definition) is 2. The van der Waals surface area contributed by atoms with Crippen LogP contribution in [0.2, 0.25) is 0 Å². The largest absolute Gasteiger partial charge is 0.508 e. The lowest BCUT2D eigenvalue weighted by molar-refractivity contribution is -0.0518. The number of benzene rings is 1. The minimum absolute atomic E-state index is 0.227. The summed E-state index contributed by atoms with van der Waals surface area (Å²) in [5, 5.41) is 20.0. The molecule has 2 fully saturated rings. The first-order chi connectivity index (χ1) is 10.7. The van der Waals surface area contributed by atoms with E-state index in [0.29, 0.717) is 17.3 Å². The highest BCUT2D eigenvalue weighted by Crippen LogP contribution is 2.61. The standard InChI is InChI=1S/C21H30O2/c1-14-6-9-19-20(2,3)10-5-11-21(19,4)17(14)13-15-12-16(22)7-8-18(15)23/h7-8,12,17,19,22-23H,1,5-6,9-11,13H2,2-4H3/t17-,19-,21+/m1/s1. The third-order valence-electron chi connectivity index (χ3n) is 6.81. The number of aromatic hydroxyl groups is 2. The van der Waals surface area contributed by atoms with Crippen molar-refractivity contribution in [2.75, 3.05) is 0 Å². The molecule has 2 aliphatic carbocycles. The van der Waals surface area contributed by atoms with Crippen LogP contribution >= 0.6 is 0 Å². The molecule has 2 aliphatic rings. The highest BCUT2D eigenvalue weighted by Gasteiger charge is 2.52. The van der Waals surface area contributed by atoms with Gasteiger partial charge in [-0.05, 0) is 78.5 Å². The normalized spacial score (nSPS) is 33.3. The van der Waals surface area contributed by atoms with Gasteiger partial charge >= 0.3 is 0 Å². The van der Waals surface area contributed by atoms with Crippen LogP contribution in [-0.2, 0) is 6.42 Å². The minimum Gasteiger partial charge on any atom is -0.508 e. The fourth-order valence-corrected chi connectivity index (χ4v) is 5.61. The molecule has 126 valence electrons. The van der Waals surface area contributed by atoms with E-state index in [1.807, 2.05) is 0 Å². The van der Waals surface area contributed by atoms with E-state index in [0.717, 1.165) is 18.4 Å². The summed E-state index contributed by atoms with van der Waals surface area (Å²) in [6.45, 7) is 11.7. The molecule has 0 heterocycles. The molecule has 1 aromatic carbocycles. The Bertz CT molecular complexity index is 616. The predicted octanol–water partition coefficient (Wildman–Crippen LogP) is 5.44. The van der Waals surface area contributed by atoms with Crippen molar-refractivity contribution in [2.24, 2.45) is 22.7 Å². The second-order valence-corrected chi connectivity index (χ2v) is 8.67. The molecule has 0 radical (unpaired) electrons. The summed E-state index contributed by atoms with van der Waals surface area (Å²) in [7, 11) is 0. The van der Waals surface area contributed by atoms with Crippen molar-refractivity contribution >= 4 is 0 Å². The SMILES string of the molecule is C=C1CC[C@@H]2C(C)(C)CCC[C@@]2(C)[C@@H]1Cc1cc(O)ccc1O. The molecule has 0 spiro atoms. The molecule has 0 saturated heterocycles. The molecule has 0 aliphatic heterocycles. The molecular weight excluding hydrogens is 284 g/mol. The molecule has 2 heteroatoms. The Labute approximate surface area is 140 Å². The van der Waals surface area contributed by atoms with Gasteiger partial charge in [-0.15, -0.1) is 0 Å². The number of phenolic OH excluding ortho intramolecular Hbond substituents is 2. The van der Waals surface area contributed by atoms with E-state index in [2.05, 4.69) is 27.4 Å². The van der Waals surface area contributed by atoms with E-state index in [9.17, 15) is 10.2 Å². The molecule has 0 amide bonds. The number of phenols is 2.